The van der Waals surface area contributed by atoms with Crippen LogP contribution in [0.2, 0.25) is 0 Å². The summed E-state index contributed by atoms with van der Waals surface area (Å²) in [7, 11) is 1.39. The van der Waals surface area contributed by atoms with Crippen LogP contribution in [0.5, 0.6) is 0 Å². The normalized spacial score (nSPS) is 14.5. The number of aryl methyl sites for hydroxylation is 2. The van der Waals surface area contributed by atoms with Gasteiger partial charge in [-0.2, -0.15) is 0 Å². The molecule has 2 N–H and O–H groups in total. The van der Waals surface area contributed by atoms with Crippen molar-refractivity contribution >= 4 is 19.8 Å². The number of phosphoric ester groups is 1. The maximum absolute atomic E-state index is 12.7. The Bertz CT molecular complexity index is 1460. The molecule has 1 heterocycles. The number of aliphatic hydroxyl groups excluding tert-OH is 1. The smallest absolute Gasteiger partial charge is 0.466 e. The highest BCUT2D eigenvalue weighted by Gasteiger charge is 2.27. The van der Waals surface area contributed by atoms with E-state index in [0.29, 0.717) is 36.7 Å². The summed E-state index contributed by atoms with van der Waals surface area (Å²) in [5, 5.41) is 9.75. The summed E-state index contributed by atoms with van der Waals surface area (Å²) in [5.74, 6) is 1.38. The topological polar surface area (TPSA) is 142 Å². The number of unbranched alkanes of at least 4 members (excludes halogenated alkanes) is 8. The Morgan fingerprint density at radius 2 is 1.25 bits per heavy atom. The number of furan rings is 1. The van der Waals surface area contributed by atoms with Crippen molar-refractivity contribution in [2.75, 3.05) is 47.5 Å². The molecule has 0 aliphatic carbocycles. The van der Waals surface area contributed by atoms with Gasteiger partial charge < -0.3 is 28.4 Å². The van der Waals surface area contributed by atoms with Crippen LogP contribution in [0.1, 0.15) is 158 Å². The lowest BCUT2D eigenvalue weighted by molar-refractivity contribution is -0.870. The number of nitrogens with zero attached hydrogens (tertiary/aromatic N) is 1. The fourth-order valence-electron chi connectivity index (χ4n) is 6.30. The number of phosphoric acid groups is 1. The van der Waals surface area contributed by atoms with Crippen LogP contribution < -0.4 is 0 Å². The second kappa shape index (κ2) is 33.8. The molecule has 1 aromatic rings. The second-order valence-corrected chi connectivity index (χ2v) is 18.3. The number of rotatable bonds is 37. The lowest BCUT2D eigenvalue weighted by Gasteiger charge is -2.24. The van der Waals surface area contributed by atoms with Crippen molar-refractivity contribution in [2.24, 2.45) is 0 Å². The first-order valence-electron chi connectivity index (χ1n) is 22.8. The molecule has 0 aliphatic rings. The van der Waals surface area contributed by atoms with Crippen LogP contribution in [-0.2, 0) is 45.5 Å². The largest absolute Gasteiger partial charge is 0.472 e. The Labute approximate surface area is 363 Å². The highest BCUT2D eigenvalue weighted by atomic mass is 31.2. The van der Waals surface area contributed by atoms with Gasteiger partial charge in [0, 0.05) is 25.7 Å². The van der Waals surface area contributed by atoms with E-state index < -0.39 is 32.5 Å². The summed E-state index contributed by atoms with van der Waals surface area (Å²) in [5.41, 5.74) is 2.62. The number of likely N-dealkylation sites (N-methyl/N-ethyl adjacent to an activating group) is 1. The van der Waals surface area contributed by atoms with E-state index in [4.69, 9.17) is 22.9 Å². The molecule has 0 spiro atoms. The van der Waals surface area contributed by atoms with Crippen LogP contribution in [0.25, 0.3) is 0 Å². The van der Waals surface area contributed by atoms with Crippen LogP contribution >= 0.6 is 7.82 Å². The summed E-state index contributed by atoms with van der Waals surface area (Å²) in [6.07, 6.45) is 33.6. The van der Waals surface area contributed by atoms with Gasteiger partial charge in [-0.25, -0.2) is 4.57 Å². The molecule has 0 aliphatic heterocycles. The van der Waals surface area contributed by atoms with E-state index >= 15 is 0 Å². The van der Waals surface area contributed by atoms with E-state index in [9.17, 15) is 24.2 Å². The number of quaternary nitrogens is 1. The second-order valence-electron chi connectivity index (χ2n) is 16.8. The van der Waals surface area contributed by atoms with Crippen molar-refractivity contribution in [1.29, 1.82) is 0 Å². The number of esters is 2. The van der Waals surface area contributed by atoms with Gasteiger partial charge in [-0.15, -0.1) is 0 Å². The minimum Gasteiger partial charge on any atom is -0.466 e. The van der Waals surface area contributed by atoms with Gasteiger partial charge in [0.25, 0.3) is 0 Å². The average Bonchev–Trinajstić information content (AvgIpc) is 3.45. The van der Waals surface area contributed by atoms with Gasteiger partial charge in [-0.1, -0.05) is 107 Å². The molecule has 0 aromatic carbocycles. The highest BCUT2D eigenvalue weighted by molar-refractivity contribution is 7.47. The first kappa shape index (κ1) is 55.2. The Morgan fingerprint density at radius 3 is 1.85 bits per heavy atom. The van der Waals surface area contributed by atoms with E-state index in [2.05, 4.69) is 64.2 Å². The lowest BCUT2D eigenvalue weighted by atomic mass is 10.0. The first-order chi connectivity index (χ1) is 28.7. The van der Waals surface area contributed by atoms with Gasteiger partial charge in [-0.05, 0) is 89.2 Å². The number of carbonyl (C=O) groups excluding carboxylic acids is 2. The SMILES string of the molecule is CCCc1oc(CCCCCCCCCCC(=O)OC[C@H](COP(=O)(O)OCC[N+](C)(C)C)OC(=O)CCC/C=C\C/C=C\C/C=C\C/C=C\CC(O)CCC)c(C)c1C. The minimum absolute atomic E-state index is 0.00632. The molecule has 3 atom stereocenters. The number of hydrogen-bond donors (Lipinski definition) is 2. The molecule has 2 unspecified atom stereocenters. The van der Waals surface area contributed by atoms with Gasteiger partial charge in [0.2, 0.25) is 0 Å². The third-order valence-corrected chi connectivity index (χ3v) is 11.1. The van der Waals surface area contributed by atoms with Crippen molar-refractivity contribution in [1.82, 2.24) is 0 Å². The lowest BCUT2D eigenvalue weighted by Crippen LogP contribution is -2.37. The maximum atomic E-state index is 12.7. The maximum Gasteiger partial charge on any atom is 0.472 e. The molecule has 0 saturated heterocycles. The Kier molecular flexibility index (Phi) is 31.1. The Hall–Kier alpha value is -2.79. The number of ether oxygens (including phenoxy) is 2. The highest BCUT2D eigenvalue weighted by Crippen LogP contribution is 2.43. The third kappa shape index (κ3) is 30.3. The summed E-state index contributed by atoms with van der Waals surface area (Å²) in [6.45, 7) is 8.36. The standard InChI is InChI=1S/C48H82NO10P/c1-8-31-43(50)33-27-23-19-15-13-11-10-12-14-16-22-26-30-36-48(52)58-44(40-57-60(53,54)56-38-37-49(5,6)7)39-55-47(51)35-29-25-21-18-17-20-24-28-34-46-42(4)41(3)45(59-46)32-9-2/h10,12-13,15-16,22-23,27,43-44,50H,8-9,11,14,17-21,24-26,28-40H2,1-7H3/p+1/b12-10-,15-13-,22-16-,27-23-/t43?,44-/m1/s1. The van der Waals surface area contributed by atoms with Crippen molar-refractivity contribution in [2.45, 2.75) is 175 Å². The zero-order valence-electron chi connectivity index (χ0n) is 38.5. The zero-order valence-corrected chi connectivity index (χ0v) is 39.4. The van der Waals surface area contributed by atoms with E-state index in [1.807, 2.05) is 33.3 Å². The van der Waals surface area contributed by atoms with E-state index in [-0.39, 0.29) is 32.2 Å². The molecule has 0 amide bonds. The van der Waals surface area contributed by atoms with Gasteiger partial charge in [0.15, 0.2) is 6.10 Å². The van der Waals surface area contributed by atoms with Crippen molar-refractivity contribution < 1.29 is 51.6 Å². The average molecular weight is 865 g/mol. The zero-order chi connectivity index (χ0) is 44.5. The molecule has 11 nitrogen and oxygen atoms in total. The summed E-state index contributed by atoms with van der Waals surface area (Å²) >= 11 is 0. The van der Waals surface area contributed by atoms with Gasteiger partial charge in [0.05, 0.1) is 33.9 Å². The first-order valence-corrected chi connectivity index (χ1v) is 24.3. The van der Waals surface area contributed by atoms with Crippen molar-refractivity contribution in [3.8, 4) is 0 Å². The third-order valence-electron chi connectivity index (χ3n) is 10.1. The fourth-order valence-corrected chi connectivity index (χ4v) is 7.04. The quantitative estimate of drug-likeness (QED) is 0.0218. The predicted molar refractivity (Wildman–Crippen MR) is 243 cm³/mol. The number of hydrogen-bond acceptors (Lipinski definition) is 9. The molecule has 0 fully saturated rings. The Morgan fingerprint density at radius 1 is 0.700 bits per heavy atom. The number of aliphatic hydroxyl groups is 1. The van der Waals surface area contributed by atoms with E-state index in [1.54, 1.807) is 0 Å². The molecular formula is C48H83NO10P+. The molecule has 0 radical (unpaired) electrons. The molecular weight excluding hydrogens is 781 g/mol. The van der Waals surface area contributed by atoms with Gasteiger partial charge in [0.1, 0.15) is 31.3 Å². The van der Waals surface area contributed by atoms with E-state index in [1.165, 1.54) is 30.4 Å². The van der Waals surface area contributed by atoms with Crippen LogP contribution in [0.15, 0.2) is 53.0 Å². The monoisotopic (exact) mass is 865 g/mol. The molecule has 344 valence electrons. The summed E-state index contributed by atoms with van der Waals surface area (Å²) in [6, 6.07) is 0. The molecule has 0 saturated carbocycles. The van der Waals surface area contributed by atoms with Crippen LogP contribution in [0.3, 0.4) is 0 Å². The van der Waals surface area contributed by atoms with Gasteiger partial charge >= 0.3 is 19.8 Å². The van der Waals surface area contributed by atoms with Crippen molar-refractivity contribution in [3.05, 3.63) is 71.3 Å². The van der Waals surface area contributed by atoms with Crippen LogP contribution in [-0.4, -0.2) is 86.1 Å². The molecule has 0 bridgehead atoms. The molecule has 60 heavy (non-hydrogen) atoms. The summed E-state index contributed by atoms with van der Waals surface area (Å²) < 4.78 is 40.4. The number of carbonyl (C=O) groups is 2. The van der Waals surface area contributed by atoms with Crippen LogP contribution in [0, 0.1) is 13.8 Å². The van der Waals surface area contributed by atoms with Crippen LogP contribution in [0.4, 0.5) is 0 Å². The number of allylic oxidation sites excluding steroid dienone is 7. The Balaban J connectivity index is 2.38. The minimum atomic E-state index is -4.41. The van der Waals surface area contributed by atoms with Crippen molar-refractivity contribution in [3.63, 3.8) is 0 Å². The van der Waals surface area contributed by atoms with E-state index in [0.717, 1.165) is 88.6 Å². The molecule has 12 heteroatoms. The fraction of sp³-hybridized carbons (Fsp3) is 0.708. The molecule has 1 aromatic heterocycles. The van der Waals surface area contributed by atoms with Gasteiger partial charge in [-0.3, -0.25) is 18.6 Å². The molecule has 1 rings (SSSR count). The summed E-state index contributed by atoms with van der Waals surface area (Å²) in [4.78, 5) is 35.5. The predicted octanol–water partition coefficient (Wildman–Crippen LogP) is 11.3.